The van der Waals surface area contributed by atoms with Crippen molar-refractivity contribution in [1.82, 2.24) is 0 Å². The zero-order valence-electron chi connectivity index (χ0n) is 18.5. The van der Waals surface area contributed by atoms with E-state index >= 15 is 0 Å². The van der Waals surface area contributed by atoms with Crippen LogP contribution >= 0.6 is 0 Å². The van der Waals surface area contributed by atoms with Gasteiger partial charge in [-0.25, -0.2) is 4.79 Å². The molecule has 3 heteroatoms. The first-order valence-corrected chi connectivity index (χ1v) is 11.3. The van der Waals surface area contributed by atoms with Gasteiger partial charge in [0.25, 0.3) is 0 Å². The number of carbonyl (C=O) groups is 1. The summed E-state index contributed by atoms with van der Waals surface area (Å²) < 4.78 is 0. The van der Waals surface area contributed by atoms with Gasteiger partial charge in [0, 0.05) is 0 Å². The molecule has 1 atom stereocenters. The Hall–Kier alpha value is -0.570. The molecule has 1 unspecified atom stereocenters. The van der Waals surface area contributed by atoms with E-state index in [1.807, 2.05) is 13.8 Å². The summed E-state index contributed by atoms with van der Waals surface area (Å²) in [6.07, 6.45) is 19.2. The number of carbonyl (C=O) groups excluding carboxylic acids is 1. The van der Waals surface area contributed by atoms with E-state index in [4.69, 9.17) is 5.90 Å². The van der Waals surface area contributed by atoms with Crippen molar-refractivity contribution in [2.75, 3.05) is 0 Å². The molecule has 0 radical (unpaired) electrons. The van der Waals surface area contributed by atoms with Crippen LogP contribution in [0.3, 0.4) is 0 Å². The summed E-state index contributed by atoms with van der Waals surface area (Å²) in [5, 5.41) is 0. The first-order valence-electron chi connectivity index (χ1n) is 11.3. The van der Waals surface area contributed by atoms with Gasteiger partial charge < -0.3 is 4.84 Å². The third kappa shape index (κ3) is 9.39. The van der Waals surface area contributed by atoms with E-state index < -0.39 is 5.41 Å². The molecule has 0 amide bonds. The summed E-state index contributed by atoms with van der Waals surface area (Å²) in [5.41, 5.74) is -0.576. The van der Waals surface area contributed by atoms with Crippen LogP contribution in [0.15, 0.2) is 0 Å². The monoisotopic (exact) mass is 369 g/mol. The van der Waals surface area contributed by atoms with Gasteiger partial charge in [0.15, 0.2) is 0 Å². The van der Waals surface area contributed by atoms with Crippen LogP contribution in [0.1, 0.15) is 131 Å². The summed E-state index contributed by atoms with van der Waals surface area (Å²) in [4.78, 5) is 16.9. The minimum atomic E-state index is -0.533. The lowest BCUT2D eigenvalue weighted by atomic mass is 9.61. The van der Waals surface area contributed by atoms with Crippen LogP contribution in [0.4, 0.5) is 0 Å². The smallest absolute Gasteiger partial charge is 0.330 e. The molecule has 0 saturated heterocycles. The zero-order valence-corrected chi connectivity index (χ0v) is 18.5. The van der Waals surface area contributed by atoms with Crippen molar-refractivity contribution in [3.8, 4) is 0 Å². The highest BCUT2D eigenvalue weighted by Crippen LogP contribution is 2.47. The maximum atomic E-state index is 12.2. The maximum absolute atomic E-state index is 12.2. The van der Waals surface area contributed by atoms with E-state index in [0.29, 0.717) is 0 Å². The van der Waals surface area contributed by atoms with Gasteiger partial charge in [-0.1, -0.05) is 104 Å². The number of unbranched alkanes of at least 4 members (excludes halogenated alkanes) is 11. The summed E-state index contributed by atoms with van der Waals surface area (Å²) >= 11 is 0. The van der Waals surface area contributed by atoms with Crippen molar-refractivity contribution in [3.63, 3.8) is 0 Å². The average molecular weight is 370 g/mol. The van der Waals surface area contributed by atoms with Crippen molar-refractivity contribution < 1.29 is 9.63 Å². The molecule has 0 aliphatic heterocycles. The first-order chi connectivity index (χ1) is 12.4. The lowest BCUT2D eigenvalue weighted by Crippen LogP contribution is -2.43. The summed E-state index contributed by atoms with van der Waals surface area (Å²) in [6.45, 7) is 10.8. The lowest BCUT2D eigenvalue weighted by molar-refractivity contribution is -0.163. The largest absolute Gasteiger partial charge is 0.373 e. The van der Waals surface area contributed by atoms with Crippen LogP contribution in [0.2, 0.25) is 0 Å². The normalized spacial score (nSPS) is 14.2. The molecule has 0 aliphatic rings. The van der Waals surface area contributed by atoms with Gasteiger partial charge in [-0.3, -0.25) is 0 Å². The molecule has 0 fully saturated rings. The van der Waals surface area contributed by atoms with E-state index in [2.05, 4.69) is 25.6 Å². The molecular weight excluding hydrogens is 322 g/mol. The number of rotatable bonds is 17. The van der Waals surface area contributed by atoms with Crippen molar-refractivity contribution >= 4 is 5.97 Å². The van der Waals surface area contributed by atoms with Gasteiger partial charge in [0.05, 0.1) is 5.41 Å². The molecule has 0 aromatic carbocycles. The topological polar surface area (TPSA) is 52.3 Å². The second kappa shape index (κ2) is 14.5. The van der Waals surface area contributed by atoms with Crippen LogP contribution in [-0.2, 0) is 9.63 Å². The average Bonchev–Trinajstić information content (AvgIpc) is 2.62. The molecule has 0 rings (SSSR count). The van der Waals surface area contributed by atoms with Crippen LogP contribution in [-0.4, -0.2) is 5.97 Å². The Morgan fingerprint density at radius 3 is 1.46 bits per heavy atom. The molecule has 0 aromatic heterocycles. The Morgan fingerprint density at radius 2 is 1.04 bits per heavy atom. The molecule has 0 heterocycles. The van der Waals surface area contributed by atoms with Crippen molar-refractivity contribution in [2.24, 2.45) is 16.7 Å². The predicted octanol–water partition coefficient (Wildman–Crippen LogP) is 7.33. The van der Waals surface area contributed by atoms with Crippen molar-refractivity contribution in [3.05, 3.63) is 0 Å². The van der Waals surface area contributed by atoms with Gasteiger partial charge in [-0.2, -0.15) is 5.90 Å². The van der Waals surface area contributed by atoms with Crippen LogP contribution in [0.25, 0.3) is 0 Å². The minimum absolute atomic E-state index is 0.0429. The van der Waals surface area contributed by atoms with E-state index in [0.717, 1.165) is 12.8 Å². The molecule has 0 bridgehead atoms. The predicted molar refractivity (Wildman–Crippen MR) is 113 cm³/mol. The van der Waals surface area contributed by atoms with E-state index in [1.54, 1.807) is 0 Å². The summed E-state index contributed by atoms with van der Waals surface area (Å²) in [6, 6.07) is 0. The zero-order chi connectivity index (χ0) is 19.9. The number of hydrogen-bond acceptors (Lipinski definition) is 3. The van der Waals surface area contributed by atoms with E-state index in [9.17, 15) is 4.79 Å². The molecule has 0 aliphatic carbocycles. The standard InChI is InChI=1S/C23H47NO2/c1-6-8-10-11-12-13-14-15-16-18-20-23(5,19-17-9-7-2)22(3,4)21(25)26-24/h6-20,24H2,1-5H3. The highest BCUT2D eigenvalue weighted by molar-refractivity contribution is 5.76. The summed E-state index contributed by atoms with van der Waals surface area (Å²) in [7, 11) is 0. The quantitative estimate of drug-likeness (QED) is 0.216. The van der Waals surface area contributed by atoms with Crippen LogP contribution < -0.4 is 5.90 Å². The fourth-order valence-electron chi connectivity index (χ4n) is 3.91. The Labute approximate surface area is 163 Å². The van der Waals surface area contributed by atoms with E-state index in [-0.39, 0.29) is 11.4 Å². The highest BCUT2D eigenvalue weighted by atomic mass is 16.7. The molecule has 0 saturated carbocycles. The van der Waals surface area contributed by atoms with Crippen LogP contribution in [0, 0.1) is 10.8 Å². The third-order valence-corrected chi connectivity index (χ3v) is 6.54. The second-order valence-electron chi connectivity index (χ2n) is 8.98. The lowest BCUT2D eigenvalue weighted by Gasteiger charge is -2.42. The molecule has 0 spiro atoms. The van der Waals surface area contributed by atoms with Gasteiger partial charge >= 0.3 is 5.97 Å². The number of hydrogen-bond donors (Lipinski definition) is 1. The molecular formula is C23H47NO2. The second-order valence-corrected chi connectivity index (χ2v) is 8.98. The van der Waals surface area contributed by atoms with Gasteiger partial charge in [0.1, 0.15) is 0 Å². The van der Waals surface area contributed by atoms with Crippen LogP contribution in [0.5, 0.6) is 0 Å². The Morgan fingerprint density at radius 1 is 0.692 bits per heavy atom. The molecule has 26 heavy (non-hydrogen) atoms. The van der Waals surface area contributed by atoms with Gasteiger partial charge in [-0.15, -0.1) is 0 Å². The highest BCUT2D eigenvalue weighted by Gasteiger charge is 2.46. The fraction of sp³-hybridized carbons (Fsp3) is 0.957. The third-order valence-electron chi connectivity index (χ3n) is 6.54. The number of nitrogens with two attached hydrogens (primary N) is 1. The SMILES string of the molecule is CCCCCCCCCCCCC(C)(CCCCC)C(C)(C)C(=O)ON. The van der Waals surface area contributed by atoms with Gasteiger partial charge in [0.2, 0.25) is 0 Å². The fourth-order valence-corrected chi connectivity index (χ4v) is 3.91. The molecule has 3 nitrogen and oxygen atoms in total. The summed E-state index contributed by atoms with van der Waals surface area (Å²) in [5.74, 6) is 4.94. The minimum Gasteiger partial charge on any atom is -0.373 e. The Kier molecular flexibility index (Phi) is 14.2. The van der Waals surface area contributed by atoms with Crippen molar-refractivity contribution in [1.29, 1.82) is 0 Å². The maximum Gasteiger partial charge on any atom is 0.330 e. The van der Waals surface area contributed by atoms with E-state index in [1.165, 1.54) is 83.5 Å². The van der Waals surface area contributed by atoms with Crippen molar-refractivity contribution in [2.45, 2.75) is 131 Å². The molecule has 0 aromatic rings. The Balaban J connectivity index is 4.25. The van der Waals surface area contributed by atoms with Gasteiger partial charge in [-0.05, 0) is 32.1 Å². The molecule has 156 valence electrons. The Bertz CT molecular complexity index is 354. The first kappa shape index (κ1) is 25.4. The molecule has 2 N–H and O–H groups in total.